The monoisotopic (exact) mass is 412 g/mol. The summed E-state index contributed by atoms with van der Waals surface area (Å²) >= 11 is 0. The average Bonchev–Trinajstić information content (AvgIpc) is 2.69. The average molecular weight is 412 g/mol. The predicted molar refractivity (Wildman–Crippen MR) is 109 cm³/mol. The van der Waals surface area contributed by atoms with E-state index in [1.165, 1.54) is 36.7 Å². The molecule has 0 radical (unpaired) electrons. The highest BCUT2D eigenvalue weighted by Gasteiger charge is 2.17. The van der Waals surface area contributed by atoms with Gasteiger partial charge in [0, 0.05) is 18.1 Å². The third-order valence-electron chi connectivity index (χ3n) is 3.90. The maximum absolute atomic E-state index is 12.4. The first-order valence-electron chi connectivity index (χ1n) is 8.77. The third-order valence-corrected chi connectivity index (χ3v) is 5.24. The lowest BCUT2D eigenvalue weighted by atomic mass is 10.2. The van der Waals surface area contributed by atoms with Crippen LogP contribution in [0.25, 0.3) is 0 Å². The number of carbonyl (C=O) groups excluding carboxylic acids is 1. The number of nitrogens with zero attached hydrogens (tertiary/aromatic N) is 2. The molecule has 0 spiro atoms. The molecule has 3 rings (SSSR count). The van der Waals surface area contributed by atoms with Gasteiger partial charge in [-0.1, -0.05) is 12.1 Å². The topological polar surface area (TPSA) is 110 Å². The Morgan fingerprint density at radius 3 is 2.38 bits per heavy atom. The van der Waals surface area contributed by atoms with Crippen LogP contribution in [0.2, 0.25) is 0 Å². The molecule has 3 aromatic rings. The smallest absolute Gasteiger partial charge is 0.265 e. The van der Waals surface area contributed by atoms with Crippen LogP contribution < -0.4 is 14.8 Å². The van der Waals surface area contributed by atoms with Crippen molar-refractivity contribution >= 4 is 27.6 Å². The Balaban J connectivity index is 1.63. The Morgan fingerprint density at radius 1 is 1.03 bits per heavy atom. The van der Waals surface area contributed by atoms with Crippen molar-refractivity contribution in [2.45, 2.75) is 24.8 Å². The predicted octanol–water partition coefficient (Wildman–Crippen LogP) is 2.99. The number of benzene rings is 2. The number of anilines is 2. The number of ether oxygens (including phenoxy) is 1. The van der Waals surface area contributed by atoms with E-state index in [2.05, 4.69) is 20.0 Å². The molecule has 0 aliphatic rings. The van der Waals surface area contributed by atoms with E-state index in [0.29, 0.717) is 11.4 Å². The maximum Gasteiger partial charge on any atom is 0.265 e. The summed E-state index contributed by atoms with van der Waals surface area (Å²) in [4.78, 5) is 20.0. The SMILES string of the molecule is Cc1cccc(O[C@H](C)C(=O)Nc2ccc(S(=O)(=O)Nc3ncccn3)cc2)c1. The fourth-order valence-electron chi connectivity index (χ4n) is 2.44. The van der Waals surface area contributed by atoms with Crippen LogP contribution in [0.4, 0.5) is 11.6 Å². The van der Waals surface area contributed by atoms with E-state index in [1.807, 2.05) is 25.1 Å². The zero-order valence-electron chi connectivity index (χ0n) is 15.9. The van der Waals surface area contributed by atoms with E-state index in [9.17, 15) is 13.2 Å². The Bertz CT molecular complexity index is 1090. The zero-order chi connectivity index (χ0) is 20.9. The second kappa shape index (κ2) is 8.70. The summed E-state index contributed by atoms with van der Waals surface area (Å²) in [5.74, 6) is 0.230. The molecule has 1 aromatic heterocycles. The quantitative estimate of drug-likeness (QED) is 0.617. The molecule has 0 aliphatic carbocycles. The number of aryl methyl sites for hydroxylation is 1. The number of aromatic nitrogens is 2. The van der Waals surface area contributed by atoms with Crippen LogP contribution in [-0.4, -0.2) is 30.4 Å². The normalized spacial score (nSPS) is 12.1. The summed E-state index contributed by atoms with van der Waals surface area (Å²) in [6.45, 7) is 3.58. The van der Waals surface area contributed by atoms with Gasteiger partial charge in [0.15, 0.2) is 6.10 Å². The van der Waals surface area contributed by atoms with E-state index in [-0.39, 0.29) is 16.8 Å². The van der Waals surface area contributed by atoms with Gasteiger partial charge in [-0.3, -0.25) is 4.79 Å². The van der Waals surface area contributed by atoms with Gasteiger partial charge in [0.05, 0.1) is 4.90 Å². The first-order valence-corrected chi connectivity index (χ1v) is 10.3. The van der Waals surface area contributed by atoms with Gasteiger partial charge in [-0.15, -0.1) is 0 Å². The number of hydrogen-bond acceptors (Lipinski definition) is 6. The highest BCUT2D eigenvalue weighted by atomic mass is 32.2. The molecule has 0 saturated heterocycles. The van der Waals surface area contributed by atoms with E-state index in [4.69, 9.17) is 4.74 Å². The van der Waals surface area contributed by atoms with Crippen molar-refractivity contribution in [3.63, 3.8) is 0 Å². The first kappa shape index (κ1) is 20.3. The summed E-state index contributed by atoms with van der Waals surface area (Å²) in [5.41, 5.74) is 1.48. The largest absolute Gasteiger partial charge is 0.481 e. The number of sulfonamides is 1. The van der Waals surface area contributed by atoms with E-state index < -0.39 is 16.1 Å². The van der Waals surface area contributed by atoms with Gasteiger partial charge in [0.2, 0.25) is 5.95 Å². The standard InChI is InChI=1S/C20H20N4O4S/c1-14-5-3-6-17(13-14)28-15(2)19(25)23-16-7-9-18(10-8-16)29(26,27)24-20-21-11-4-12-22-20/h3-13,15H,1-2H3,(H,23,25)(H,21,22,24)/t15-/m1/s1. The molecule has 0 saturated carbocycles. The zero-order valence-corrected chi connectivity index (χ0v) is 16.7. The summed E-state index contributed by atoms with van der Waals surface area (Å²) < 4.78 is 32.7. The van der Waals surface area contributed by atoms with Gasteiger partial charge in [-0.2, -0.15) is 0 Å². The summed E-state index contributed by atoms with van der Waals surface area (Å²) in [6.07, 6.45) is 2.14. The first-order chi connectivity index (χ1) is 13.8. The van der Waals surface area contributed by atoms with Gasteiger partial charge in [-0.25, -0.2) is 23.1 Å². The lowest BCUT2D eigenvalue weighted by molar-refractivity contribution is -0.122. The molecular formula is C20H20N4O4S. The van der Waals surface area contributed by atoms with Gasteiger partial charge in [0.1, 0.15) is 5.75 Å². The lowest BCUT2D eigenvalue weighted by Gasteiger charge is -2.15. The van der Waals surface area contributed by atoms with Crippen LogP contribution in [0.3, 0.4) is 0 Å². The number of amides is 1. The van der Waals surface area contributed by atoms with Crippen LogP contribution in [-0.2, 0) is 14.8 Å². The lowest BCUT2D eigenvalue weighted by Crippen LogP contribution is -2.30. The van der Waals surface area contributed by atoms with Crippen LogP contribution in [0, 0.1) is 6.92 Å². The van der Waals surface area contributed by atoms with Crippen molar-refractivity contribution in [3.8, 4) is 5.75 Å². The number of carbonyl (C=O) groups is 1. The van der Waals surface area contributed by atoms with E-state index in [1.54, 1.807) is 19.1 Å². The molecular weight excluding hydrogens is 392 g/mol. The minimum Gasteiger partial charge on any atom is -0.481 e. The van der Waals surface area contributed by atoms with Gasteiger partial charge in [-0.05, 0) is 61.9 Å². The highest BCUT2D eigenvalue weighted by molar-refractivity contribution is 7.92. The molecule has 0 fully saturated rings. The molecule has 0 bridgehead atoms. The van der Waals surface area contributed by atoms with Crippen molar-refractivity contribution in [3.05, 3.63) is 72.6 Å². The Labute approximate surface area is 169 Å². The molecule has 1 heterocycles. The summed E-state index contributed by atoms with van der Waals surface area (Å²) in [5, 5.41) is 2.70. The number of hydrogen-bond donors (Lipinski definition) is 2. The minimum atomic E-state index is -3.83. The molecule has 1 amide bonds. The molecule has 2 aromatic carbocycles. The molecule has 150 valence electrons. The fourth-order valence-corrected chi connectivity index (χ4v) is 3.40. The number of rotatable bonds is 7. The molecule has 0 aliphatic heterocycles. The minimum absolute atomic E-state index is 0.0204. The van der Waals surface area contributed by atoms with Crippen molar-refractivity contribution in [1.29, 1.82) is 0 Å². The van der Waals surface area contributed by atoms with Gasteiger partial charge >= 0.3 is 0 Å². The molecule has 9 heteroatoms. The Kier molecular flexibility index (Phi) is 6.08. The van der Waals surface area contributed by atoms with Gasteiger partial charge < -0.3 is 10.1 Å². The highest BCUT2D eigenvalue weighted by Crippen LogP contribution is 2.18. The molecule has 0 unspecified atom stereocenters. The molecule has 2 N–H and O–H groups in total. The molecule has 29 heavy (non-hydrogen) atoms. The Morgan fingerprint density at radius 2 is 1.72 bits per heavy atom. The van der Waals surface area contributed by atoms with Crippen LogP contribution in [0.1, 0.15) is 12.5 Å². The summed E-state index contributed by atoms with van der Waals surface area (Å²) in [7, 11) is -3.83. The second-order valence-electron chi connectivity index (χ2n) is 6.27. The van der Waals surface area contributed by atoms with Crippen molar-refractivity contribution in [2.24, 2.45) is 0 Å². The van der Waals surface area contributed by atoms with Crippen LogP contribution in [0.5, 0.6) is 5.75 Å². The fraction of sp³-hybridized carbons (Fsp3) is 0.150. The van der Waals surface area contributed by atoms with E-state index in [0.717, 1.165) is 5.56 Å². The van der Waals surface area contributed by atoms with Crippen molar-refractivity contribution < 1.29 is 17.9 Å². The van der Waals surface area contributed by atoms with Crippen molar-refractivity contribution in [1.82, 2.24) is 9.97 Å². The van der Waals surface area contributed by atoms with E-state index >= 15 is 0 Å². The van der Waals surface area contributed by atoms with Gasteiger partial charge in [0.25, 0.3) is 15.9 Å². The second-order valence-corrected chi connectivity index (χ2v) is 7.95. The third kappa shape index (κ3) is 5.52. The molecule has 8 nitrogen and oxygen atoms in total. The summed E-state index contributed by atoms with van der Waals surface area (Å²) in [6, 6.07) is 14.7. The Hall–Kier alpha value is -3.46. The van der Waals surface area contributed by atoms with Crippen molar-refractivity contribution in [2.75, 3.05) is 10.0 Å². The van der Waals surface area contributed by atoms with Crippen LogP contribution in [0.15, 0.2) is 71.9 Å². The van der Waals surface area contributed by atoms with Crippen LogP contribution >= 0.6 is 0 Å². The maximum atomic E-state index is 12.4. The number of nitrogens with one attached hydrogen (secondary N) is 2. The molecule has 1 atom stereocenters.